The van der Waals surface area contributed by atoms with Crippen molar-refractivity contribution in [2.75, 3.05) is 17.7 Å². The minimum absolute atomic E-state index is 0.547. The summed E-state index contributed by atoms with van der Waals surface area (Å²) in [6.07, 6.45) is 0. The van der Waals surface area contributed by atoms with Crippen LogP contribution in [0.25, 0.3) is 0 Å². The third-order valence-electron chi connectivity index (χ3n) is 2.94. The average Bonchev–Trinajstić information content (AvgIpc) is 2.38. The standard InChI is InChI=1S/C15H20N4/c1-10(2)12-5-7-13(8-6-12)19-15-9-14(16-4)17-11(3)18-15/h5-10H,1-4H3,(H2,16,17,18,19). The topological polar surface area (TPSA) is 49.8 Å². The van der Waals surface area contributed by atoms with Gasteiger partial charge in [0, 0.05) is 18.8 Å². The molecule has 0 unspecified atom stereocenters. The maximum atomic E-state index is 4.37. The van der Waals surface area contributed by atoms with E-state index in [1.807, 2.05) is 20.0 Å². The normalized spacial score (nSPS) is 10.6. The fraction of sp³-hybridized carbons (Fsp3) is 0.333. The maximum absolute atomic E-state index is 4.37. The first-order valence-corrected chi connectivity index (χ1v) is 6.49. The third-order valence-corrected chi connectivity index (χ3v) is 2.94. The van der Waals surface area contributed by atoms with Gasteiger partial charge in [-0.3, -0.25) is 0 Å². The van der Waals surface area contributed by atoms with Gasteiger partial charge in [-0.1, -0.05) is 26.0 Å². The van der Waals surface area contributed by atoms with Gasteiger partial charge in [0.25, 0.3) is 0 Å². The van der Waals surface area contributed by atoms with E-state index in [2.05, 4.69) is 58.7 Å². The van der Waals surface area contributed by atoms with E-state index in [1.165, 1.54) is 5.56 Å². The number of aromatic nitrogens is 2. The molecule has 0 bridgehead atoms. The number of hydrogen-bond acceptors (Lipinski definition) is 4. The van der Waals surface area contributed by atoms with E-state index in [1.54, 1.807) is 0 Å². The van der Waals surface area contributed by atoms with E-state index in [-0.39, 0.29) is 0 Å². The second-order valence-electron chi connectivity index (χ2n) is 4.84. The molecule has 0 aliphatic heterocycles. The Morgan fingerprint density at radius 2 is 1.63 bits per heavy atom. The molecule has 0 radical (unpaired) electrons. The van der Waals surface area contributed by atoms with Crippen LogP contribution in [0.4, 0.5) is 17.3 Å². The van der Waals surface area contributed by atoms with Gasteiger partial charge in [-0.25, -0.2) is 9.97 Å². The zero-order valence-corrected chi connectivity index (χ0v) is 11.9. The van der Waals surface area contributed by atoms with Crippen LogP contribution in [0, 0.1) is 6.92 Å². The Labute approximate surface area is 114 Å². The molecule has 0 fully saturated rings. The first-order chi connectivity index (χ1) is 9.08. The molecule has 0 saturated heterocycles. The van der Waals surface area contributed by atoms with Crippen molar-refractivity contribution in [3.8, 4) is 0 Å². The Morgan fingerprint density at radius 3 is 2.21 bits per heavy atom. The molecule has 0 saturated carbocycles. The number of nitrogens with one attached hydrogen (secondary N) is 2. The van der Waals surface area contributed by atoms with Gasteiger partial charge in [-0.05, 0) is 30.5 Å². The Balaban J connectivity index is 2.18. The van der Waals surface area contributed by atoms with Crippen molar-refractivity contribution in [2.24, 2.45) is 0 Å². The summed E-state index contributed by atoms with van der Waals surface area (Å²) in [5, 5.41) is 6.32. The van der Waals surface area contributed by atoms with Crippen LogP contribution in [0.15, 0.2) is 30.3 Å². The monoisotopic (exact) mass is 256 g/mol. The highest BCUT2D eigenvalue weighted by atomic mass is 15.1. The summed E-state index contributed by atoms with van der Waals surface area (Å²) < 4.78 is 0. The molecule has 1 heterocycles. The summed E-state index contributed by atoms with van der Waals surface area (Å²) in [6.45, 7) is 6.26. The molecule has 4 heteroatoms. The number of anilines is 3. The van der Waals surface area contributed by atoms with Crippen LogP contribution in [-0.4, -0.2) is 17.0 Å². The summed E-state index contributed by atoms with van der Waals surface area (Å²) in [5.74, 6) is 2.90. The smallest absolute Gasteiger partial charge is 0.136 e. The highest BCUT2D eigenvalue weighted by molar-refractivity contribution is 5.59. The van der Waals surface area contributed by atoms with Crippen LogP contribution < -0.4 is 10.6 Å². The summed E-state index contributed by atoms with van der Waals surface area (Å²) >= 11 is 0. The number of nitrogens with zero attached hydrogens (tertiary/aromatic N) is 2. The Hall–Kier alpha value is -2.10. The number of aryl methyl sites for hydroxylation is 1. The number of benzene rings is 1. The lowest BCUT2D eigenvalue weighted by Crippen LogP contribution is -2.01. The van der Waals surface area contributed by atoms with Crippen molar-refractivity contribution in [3.63, 3.8) is 0 Å². The van der Waals surface area contributed by atoms with Gasteiger partial charge in [0.05, 0.1) is 0 Å². The van der Waals surface area contributed by atoms with E-state index in [0.717, 1.165) is 23.1 Å². The highest BCUT2D eigenvalue weighted by Gasteiger charge is 2.02. The van der Waals surface area contributed by atoms with Crippen molar-refractivity contribution in [1.29, 1.82) is 0 Å². The molecule has 0 aliphatic carbocycles. The summed E-state index contributed by atoms with van der Waals surface area (Å²) in [6, 6.07) is 10.3. The first-order valence-electron chi connectivity index (χ1n) is 6.49. The molecule has 1 aromatic heterocycles. The lowest BCUT2D eigenvalue weighted by molar-refractivity contribution is 0.867. The molecule has 0 amide bonds. The molecule has 0 spiro atoms. The molecule has 19 heavy (non-hydrogen) atoms. The van der Waals surface area contributed by atoms with E-state index in [4.69, 9.17) is 0 Å². The molecule has 0 aliphatic rings. The SMILES string of the molecule is CNc1cc(Nc2ccc(C(C)C)cc2)nc(C)n1. The van der Waals surface area contributed by atoms with Crippen LogP contribution >= 0.6 is 0 Å². The maximum Gasteiger partial charge on any atom is 0.136 e. The molecule has 2 rings (SSSR count). The van der Waals surface area contributed by atoms with E-state index >= 15 is 0 Å². The largest absolute Gasteiger partial charge is 0.373 e. The molecule has 100 valence electrons. The zero-order valence-electron chi connectivity index (χ0n) is 11.9. The predicted octanol–water partition coefficient (Wildman–Crippen LogP) is 3.69. The van der Waals surface area contributed by atoms with Crippen molar-refractivity contribution in [3.05, 3.63) is 41.7 Å². The van der Waals surface area contributed by atoms with Gasteiger partial charge >= 0.3 is 0 Å². The van der Waals surface area contributed by atoms with Gasteiger partial charge in [0.2, 0.25) is 0 Å². The Morgan fingerprint density at radius 1 is 1.00 bits per heavy atom. The van der Waals surface area contributed by atoms with Crippen LogP contribution in [0.3, 0.4) is 0 Å². The summed E-state index contributed by atoms with van der Waals surface area (Å²) in [4.78, 5) is 8.64. The van der Waals surface area contributed by atoms with Gasteiger partial charge in [0.15, 0.2) is 0 Å². The molecule has 1 aromatic carbocycles. The van der Waals surface area contributed by atoms with Gasteiger partial charge in [-0.2, -0.15) is 0 Å². The van der Waals surface area contributed by atoms with Gasteiger partial charge in [-0.15, -0.1) is 0 Å². The van der Waals surface area contributed by atoms with Gasteiger partial charge in [0.1, 0.15) is 17.5 Å². The Bertz CT molecular complexity index is 547. The quantitative estimate of drug-likeness (QED) is 0.876. The van der Waals surface area contributed by atoms with E-state index < -0.39 is 0 Å². The van der Waals surface area contributed by atoms with Crippen LogP contribution in [0.1, 0.15) is 31.2 Å². The van der Waals surface area contributed by atoms with Crippen LogP contribution in [0.2, 0.25) is 0 Å². The highest BCUT2D eigenvalue weighted by Crippen LogP contribution is 2.20. The van der Waals surface area contributed by atoms with Crippen molar-refractivity contribution >= 4 is 17.3 Å². The molecule has 2 N–H and O–H groups in total. The average molecular weight is 256 g/mol. The molecular formula is C15H20N4. The Kier molecular flexibility index (Phi) is 4.00. The molecule has 0 atom stereocenters. The fourth-order valence-corrected chi connectivity index (χ4v) is 1.86. The van der Waals surface area contributed by atoms with Crippen LogP contribution in [0.5, 0.6) is 0 Å². The fourth-order valence-electron chi connectivity index (χ4n) is 1.86. The van der Waals surface area contributed by atoms with Crippen molar-refractivity contribution in [1.82, 2.24) is 9.97 Å². The summed E-state index contributed by atoms with van der Waals surface area (Å²) in [7, 11) is 1.85. The van der Waals surface area contributed by atoms with Gasteiger partial charge < -0.3 is 10.6 Å². The molecule has 2 aromatic rings. The number of hydrogen-bond donors (Lipinski definition) is 2. The van der Waals surface area contributed by atoms with Crippen molar-refractivity contribution in [2.45, 2.75) is 26.7 Å². The molecular weight excluding hydrogens is 236 g/mol. The zero-order chi connectivity index (χ0) is 13.8. The second-order valence-corrected chi connectivity index (χ2v) is 4.84. The second kappa shape index (κ2) is 5.69. The lowest BCUT2D eigenvalue weighted by atomic mass is 10.0. The minimum Gasteiger partial charge on any atom is -0.373 e. The minimum atomic E-state index is 0.547. The first kappa shape index (κ1) is 13.3. The van der Waals surface area contributed by atoms with E-state index in [0.29, 0.717) is 5.92 Å². The lowest BCUT2D eigenvalue weighted by Gasteiger charge is -2.10. The third kappa shape index (κ3) is 3.44. The number of rotatable bonds is 4. The predicted molar refractivity (Wildman–Crippen MR) is 80.1 cm³/mol. The molecule has 4 nitrogen and oxygen atoms in total. The summed E-state index contributed by atoms with van der Waals surface area (Å²) in [5.41, 5.74) is 2.37. The van der Waals surface area contributed by atoms with Crippen molar-refractivity contribution < 1.29 is 0 Å². The van der Waals surface area contributed by atoms with E-state index in [9.17, 15) is 0 Å². The van der Waals surface area contributed by atoms with Crippen LogP contribution in [-0.2, 0) is 0 Å².